The first-order valence-electron chi connectivity index (χ1n) is 2.06. The second-order valence-electron chi connectivity index (χ2n) is 1.10. The molecule has 0 spiro atoms. The Kier molecular flexibility index (Phi) is 35.6. The minimum Gasteiger partial charge on any atom is -2.00 e. The van der Waals surface area contributed by atoms with Crippen molar-refractivity contribution in [2.75, 3.05) is 0 Å². The summed E-state index contributed by atoms with van der Waals surface area (Å²) in [5.74, 6) is 0. The van der Waals surface area contributed by atoms with Crippen LogP contribution in [0.2, 0.25) is 4.44 Å². The molecule has 42 valence electrons. The minimum absolute atomic E-state index is 0. The van der Waals surface area contributed by atoms with Crippen LogP contribution in [-0.2, 0) is 5.48 Å². The van der Waals surface area contributed by atoms with Gasteiger partial charge in [0.05, 0.1) is 0 Å². The Hall–Kier alpha value is 0.689. The molecule has 0 heterocycles. The molecule has 0 saturated carbocycles. The quantitative estimate of drug-likeness (QED) is 0.485. The Morgan fingerprint density at radius 3 is 1.86 bits per heavy atom. The molecule has 0 fully saturated rings. The van der Waals surface area contributed by atoms with E-state index in [4.69, 9.17) is 0 Å². The van der Waals surface area contributed by atoms with Crippen LogP contribution in [0.25, 0.3) is 0 Å². The summed E-state index contributed by atoms with van der Waals surface area (Å²) >= 11 is 1.68. The van der Waals surface area contributed by atoms with Gasteiger partial charge in [0, 0.05) is 0 Å². The Bertz CT molecular complexity index is 19.2. The van der Waals surface area contributed by atoms with Crippen molar-refractivity contribution >= 4 is 22.5 Å². The van der Waals surface area contributed by atoms with Crippen LogP contribution in [0.1, 0.15) is 19.8 Å². The van der Waals surface area contributed by atoms with Crippen molar-refractivity contribution in [3.63, 3.8) is 0 Å². The van der Waals surface area contributed by atoms with Gasteiger partial charge in [0.25, 0.3) is 0 Å². The van der Waals surface area contributed by atoms with Crippen LogP contribution in [0.5, 0.6) is 0 Å². The van der Waals surface area contributed by atoms with Crippen LogP contribution < -0.4 is 4.70 Å². The first-order valence-corrected chi connectivity index (χ1v) is 4.08. The second-order valence-corrected chi connectivity index (χ2v) is 2.53. The van der Waals surface area contributed by atoms with Gasteiger partial charge in [0.2, 0.25) is 0 Å². The molecule has 0 rings (SSSR count). The SMILES string of the molecule is CCC[CH2][Sn+3].[F-].[O-2]. The van der Waals surface area contributed by atoms with Crippen molar-refractivity contribution in [3.8, 4) is 0 Å². The first-order chi connectivity index (χ1) is 2.41. The zero-order valence-electron chi connectivity index (χ0n) is 4.41. The summed E-state index contributed by atoms with van der Waals surface area (Å²) in [6.45, 7) is 2.23. The predicted molar refractivity (Wildman–Crippen MR) is 26.2 cm³/mol. The van der Waals surface area contributed by atoms with Crippen molar-refractivity contribution in [1.29, 1.82) is 0 Å². The van der Waals surface area contributed by atoms with Gasteiger partial charge in [0.15, 0.2) is 0 Å². The van der Waals surface area contributed by atoms with Gasteiger partial charge in [-0.1, -0.05) is 0 Å². The monoisotopic (exact) mass is 212 g/mol. The smallest absolute Gasteiger partial charge is 1.00 e. The van der Waals surface area contributed by atoms with E-state index < -0.39 is 0 Å². The fraction of sp³-hybridized carbons (Fsp3) is 1.00. The van der Waals surface area contributed by atoms with Crippen molar-refractivity contribution in [3.05, 3.63) is 0 Å². The average molecular weight is 211 g/mol. The van der Waals surface area contributed by atoms with Gasteiger partial charge in [-0.05, 0) is 0 Å². The molecule has 7 heavy (non-hydrogen) atoms. The third-order valence-electron chi connectivity index (χ3n) is 0.530. The van der Waals surface area contributed by atoms with Gasteiger partial charge in [-0.25, -0.2) is 0 Å². The standard InChI is InChI=1S/C4H9.FH.O.Sn/c1-3-4-2;;;/h1,3-4H2,2H3;1H;;/q;;-2;+3/p-1. The number of rotatable bonds is 2. The summed E-state index contributed by atoms with van der Waals surface area (Å²) in [4.78, 5) is 0. The molecule has 0 unspecified atom stereocenters. The molecular weight excluding hydrogens is 202 g/mol. The van der Waals surface area contributed by atoms with Gasteiger partial charge < -0.3 is 10.2 Å². The summed E-state index contributed by atoms with van der Waals surface area (Å²) in [6, 6.07) is 0. The molecule has 0 aromatic rings. The largest absolute Gasteiger partial charge is 2.00 e. The van der Waals surface area contributed by atoms with E-state index in [9.17, 15) is 0 Å². The van der Waals surface area contributed by atoms with Gasteiger partial charge in [-0.3, -0.25) is 0 Å². The van der Waals surface area contributed by atoms with Crippen LogP contribution in [-0.4, -0.2) is 22.5 Å². The molecule has 0 N–H and O–H groups in total. The molecule has 0 radical (unpaired) electrons. The molecule has 0 bridgehead atoms. The minimum atomic E-state index is 0. The van der Waals surface area contributed by atoms with Crippen LogP contribution in [0.3, 0.4) is 0 Å². The number of unbranched alkanes of at least 4 members (excludes halogenated alkanes) is 1. The molecule has 0 saturated heterocycles. The predicted octanol–water partition coefficient (Wildman–Crippen LogP) is -1.74. The van der Waals surface area contributed by atoms with Gasteiger partial charge >= 0.3 is 46.7 Å². The van der Waals surface area contributed by atoms with Crippen LogP contribution in [0.15, 0.2) is 0 Å². The van der Waals surface area contributed by atoms with Crippen LogP contribution >= 0.6 is 0 Å². The molecule has 1 nitrogen and oxygen atoms in total. The Morgan fingerprint density at radius 1 is 1.43 bits per heavy atom. The van der Waals surface area contributed by atoms with E-state index in [1.807, 2.05) is 0 Å². The summed E-state index contributed by atoms with van der Waals surface area (Å²) in [5.41, 5.74) is 0. The van der Waals surface area contributed by atoms with Crippen molar-refractivity contribution in [2.24, 2.45) is 0 Å². The first kappa shape index (κ1) is 15.6. The van der Waals surface area contributed by atoms with Crippen LogP contribution in [0, 0.1) is 0 Å². The molecule has 0 aliphatic heterocycles. The number of hydrogen-bond acceptors (Lipinski definition) is 0. The van der Waals surface area contributed by atoms with Crippen molar-refractivity contribution in [1.82, 2.24) is 0 Å². The summed E-state index contributed by atoms with van der Waals surface area (Å²) in [6.07, 6.45) is 2.80. The van der Waals surface area contributed by atoms with E-state index in [-0.39, 0.29) is 10.2 Å². The second kappa shape index (κ2) is 15.9. The van der Waals surface area contributed by atoms with Gasteiger partial charge in [0.1, 0.15) is 0 Å². The Balaban J connectivity index is -0.0000000800. The van der Waals surface area contributed by atoms with Crippen LogP contribution in [0.4, 0.5) is 0 Å². The van der Waals surface area contributed by atoms with Crippen molar-refractivity contribution < 1.29 is 10.2 Å². The summed E-state index contributed by atoms with van der Waals surface area (Å²) in [7, 11) is 0. The normalized spacial score (nSPS) is 6.14. The van der Waals surface area contributed by atoms with E-state index in [0.717, 1.165) is 0 Å². The van der Waals surface area contributed by atoms with Gasteiger partial charge in [-0.2, -0.15) is 0 Å². The van der Waals surface area contributed by atoms with E-state index in [2.05, 4.69) is 6.92 Å². The molecule has 0 aromatic heterocycles. The molecule has 0 aliphatic rings. The molecule has 0 aromatic carbocycles. The third-order valence-corrected chi connectivity index (χ3v) is 1.54. The van der Waals surface area contributed by atoms with E-state index >= 15 is 0 Å². The Morgan fingerprint density at radius 2 is 1.86 bits per heavy atom. The summed E-state index contributed by atoms with van der Waals surface area (Å²) < 4.78 is 1.43. The maximum atomic E-state index is 2.23. The Labute approximate surface area is 57.3 Å². The molecule has 0 amide bonds. The molecule has 0 aliphatic carbocycles. The maximum absolute atomic E-state index is 2.23. The number of hydrogen-bond donors (Lipinski definition) is 0. The zero-order chi connectivity index (χ0) is 4.12. The average Bonchev–Trinajstić information content (AvgIpc) is 1.41. The topological polar surface area (TPSA) is 28.5 Å². The van der Waals surface area contributed by atoms with E-state index in [1.165, 1.54) is 17.3 Å². The number of halogens is 1. The van der Waals surface area contributed by atoms with E-state index in [1.54, 1.807) is 22.5 Å². The fourth-order valence-electron chi connectivity index (χ4n) is 0.177. The fourth-order valence-corrected chi connectivity index (χ4v) is 1.19. The molecule has 3 heteroatoms. The van der Waals surface area contributed by atoms with Gasteiger partial charge in [-0.15, -0.1) is 0 Å². The zero-order valence-corrected chi connectivity index (χ0v) is 7.26. The molecule has 0 atom stereocenters. The molecular formula is C4H9FOSn. The van der Waals surface area contributed by atoms with Crippen molar-refractivity contribution in [2.45, 2.75) is 24.2 Å². The summed E-state index contributed by atoms with van der Waals surface area (Å²) in [5, 5.41) is 0. The third kappa shape index (κ3) is 20.3. The van der Waals surface area contributed by atoms with E-state index in [0.29, 0.717) is 0 Å². The maximum Gasteiger partial charge on any atom is -1.00 e.